The molecular weight excluding hydrogens is 432 g/mol. The number of likely N-dealkylation sites (N-methyl/N-ethyl adjacent to an activating group) is 2. The SMILES string of the molecule is C=C(C)C(=O)OC(C[N+](C)(C)C)C[N+](C)(C)C.COS(=O)(=O)[O-].COS(=O)(=O)[O-]. The number of carbonyl (C=O) groups is 1. The van der Waals surface area contributed by atoms with E-state index >= 15 is 0 Å². The van der Waals surface area contributed by atoms with Gasteiger partial charge < -0.3 is 22.8 Å². The predicted molar refractivity (Wildman–Crippen MR) is 104 cm³/mol. The van der Waals surface area contributed by atoms with E-state index in [1.165, 1.54) is 0 Å². The van der Waals surface area contributed by atoms with Crippen LogP contribution in [0.25, 0.3) is 0 Å². The molecule has 0 aliphatic carbocycles. The van der Waals surface area contributed by atoms with E-state index in [1.807, 2.05) is 0 Å². The highest BCUT2D eigenvalue weighted by atomic mass is 32.3. The molecule has 0 N–H and O–H groups in total. The lowest BCUT2D eigenvalue weighted by atomic mass is 10.2. The first-order chi connectivity index (χ1) is 12.5. The molecule has 0 rings (SSSR count). The second-order valence-electron chi connectivity index (χ2n) is 7.90. The monoisotopic (exact) mass is 466 g/mol. The molecule has 0 bridgehead atoms. The fourth-order valence-corrected chi connectivity index (χ4v) is 1.61. The number of esters is 1. The Hall–Kier alpha value is -1.13. The first-order valence-electron chi connectivity index (χ1n) is 8.03. The van der Waals surface area contributed by atoms with Crippen LogP contribution in [-0.2, 0) is 38.7 Å². The molecule has 0 unspecified atom stereocenters. The molecule has 0 aromatic rings. The molecule has 0 aliphatic rings. The Morgan fingerprint density at radius 1 is 0.862 bits per heavy atom. The molecule has 0 spiro atoms. The van der Waals surface area contributed by atoms with Crippen molar-refractivity contribution in [3.63, 3.8) is 0 Å². The summed E-state index contributed by atoms with van der Waals surface area (Å²) in [5, 5.41) is 0. The second kappa shape index (κ2) is 13.2. The highest BCUT2D eigenvalue weighted by Crippen LogP contribution is 2.07. The van der Waals surface area contributed by atoms with Crippen LogP contribution in [0, 0.1) is 0 Å². The largest absolute Gasteiger partial charge is 0.726 e. The average Bonchev–Trinajstić information content (AvgIpc) is 2.43. The minimum Gasteiger partial charge on any atom is -0.726 e. The molecule has 0 radical (unpaired) electrons. The van der Waals surface area contributed by atoms with Gasteiger partial charge in [0.15, 0.2) is 6.10 Å². The number of hydrogen-bond acceptors (Lipinski definition) is 10. The molecule has 0 saturated heterocycles. The lowest BCUT2D eigenvalue weighted by molar-refractivity contribution is -0.895. The third-order valence-electron chi connectivity index (χ3n) is 2.53. The molecule has 0 amide bonds. The van der Waals surface area contributed by atoms with Gasteiger partial charge in [-0.2, -0.15) is 0 Å². The van der Waals surface area contributed by atoms with E-state index in [2.05, 4.69) is 57.2 Å². The quantitative estimate of drug-likeness (QED) is 0.144. The predicted octanol–water partition coefficient (Wildman–Crippen LogP) is -0.927. The Bertz CT molecular complexity index is 656. The topological polar surface area (TPSA) is 159 Å². The van der Waals surface area contributed by atoms with Gasteiger partial charge in [0.2, 0.25) is 20.8 Å². The first-order valence-corrected chi connectivity index (χ1v) is 10.7. The zero-order valence-corrected chi connectivity index (χ0v) is 20.1. The third-order valence-corrected chi connectivity index (χ3v) is 3.35. The average molecular weight is 467 g/mol. The zero-order valence-electron chi connectivity index (χ0n) is 18.5. The number of ether oxygens (including phenoxy) is 1. The normalized spacial score (nSPS) is 12.3. The Morgan fingerprint density at radius 2 is 1.10 bits per heavy atom. The summed E-state index contributed by atoms with van der Waals surface area (Å²) in [6, 6.07) is 0. The summed E-state index contributed by atoms with van der Waals surface area (Å²) in [7, 11) is 5.36. The minimum atomic E-state index is -4.41. The Kier molecular flexibility index (Phi) is 14.8. The molecule has 0 atom stereocenters. The molecule has 0 aromatic carbocycles. The second-order valence-corrected chi connectivity index (χ2v) is 10.2. The minimum absolute atomic E-state index is 0.0841. The van der Waals surface area contributed by atoms with Crippen LogP contribution >= 0.6 is 0 Å². The number of rotatable bonds is 8. The van der Waals surface area contributed by atoms with Gasteiger partial charge in [0.25, 0.3) is 0 Å². The van der Waals surface area contributed by atoms with Crippen molar-refractivity contribution in [1.29, 1.82) is 0 Å². The highest BCUT2D eigenvalue weighted by molar-refractivity contribution is 7.81. The molecular formula is C15H34N2O10S2. The number of quaternary nitrogens is 2. The summed E-state index contributed by atoms with van der Waals surface area (Å²) < 4.78 is 69.1. The van der Waals surface area contributed by atoms with Gasteiger partial charge >= 0.3 is 5.97 Å². The van der Waals surface area contributed by atoms with E-state index in [1.54, 1.807) is 6.92 Å². The van der Waals surface area contributed by atoms with Crippen LogP contribution in [0.4, 0.5) is 0 Å². The van der Waals surface area contributed by atoms with Gasteiger partial charge in [0.1, 0.15) is 13.1 Å². The number of nitrogens with zero attached hydrogens (tertiary/aromatic N) is 2. The van der Waals surface area contributed by atoms with Crippen molar-refractivity contribution >= 4 is 26.8 Å². The van der Waals surface area contributed by atoms with Crippen molar-refractivity contribution in [2.75, 3.05) is 69.6 Å². The van der Waals surface area contributed by atoms with Crippen LogP contribution in [0.15, 0.2) is 12.2 Å². The van der Waals surface area contributed by atoms with Gasteiger partial charge in [-0.15, -0.1) is 0 Å². The van der Waals surface area contributed by atoms with E-state index < -0.39 is 20.8 Å². The van der Waals surface area contributed by atoms with E-state index in [4.69, 9.17) is 4.74 Å². The summed E-state index contributed by atoms with van der Waals surface area (Å²) in [6.45, 7) is 6.89. The van der Waals surface area contributed by atoms with Gasteiger partial charge in [0, 0.05) is 5.57 Å². The fourth-order valence-electron chi connectivity index (χ4n) is 1.61. The van der Waals surface area contributed by atoms with Crippen LogP contribution in [0.5, 0.6) is 0 Å². The molecule has 0 saturated carbocycles. The van der Waals surface area contributed by atoms with E-state index in [-0.39, 0.29) is 12.1 Å². The zero-order chi connectivity index (χ0) is 24.3. The number of carbonyl (C=O) groups excluding carboxylic acids is 1. The molecule has 29 heavy (non-hydrogen) atoms. The summed E-state index contributed by atoms with van der Waals surface area (Å²) >= 11 is 0. The van der Waals surface area contributed by atoms with Crippen molar-refractivity contribution in [1.82, 2.24) is 0 Å². The van der Waals surface area contributed by atoms with Crippen molar-refractivity contribution in [2.24, 2.45) is 0 Å². The smallest absolute Gasteiger partial charge is 0.333 e. The molecule has 0 fully saturated rings. The van der Waals surface area contributed by atoms with Gasteiger partial charge in [0.05, 0.1) is 56.5 Å². The standard InChI is InChI=1S/C13H28N2O2.2CH4O4S/c1-11(2)13(16)17-12(9-14(3,4)5)10-15(6,7)8;2*1-5-6(2,3)4/h12H,1,9-10H2,2-8H3;2*1H3,(H,2,3,4)/q+2;;/p-2. The first kappa shape index (κ1) is 32.5. The van der Waals surface area contributed by atoms with Crippen LogP contribution in [0.2, 0.25) is 0 Å². The van der Waals surface area contributed by atoms with E-state index in [9.17, 15) is 30.7 Å². The maximum absolute atomic E-state index is 11.6. The van der Waals surface area contributed by atoms with Gasteiger partial charge in [-0.3, -0.25) is 8.37 Å². The Labute approximate surface area is 174 Å². The molecule has 12 nitrogen and oxygen atoms in total. The van der Waals surface area contributed by atoms with Crippen molar-refractivity contribution < 1.29 is 52.8 Å². The van der Waals surface area contributed by atoms with Gasteiger partial charge in [-0.1, -0.05) is 6.58 Å². The Morgan fingerprint density at radius 3 is 1.24 bits per heavy atom. The highest BCUT2D eigenvalue weighted by Gasteiger charge is 2.27. The van der Waals surface area contributed by atoms with Gasteiger partial charge in [-0.25, -0.2) is 21.6 Å². The summed E-state index contributed by atoms with van der Waals surface area (Å²) in [5.74, 6) is -0.295. The molecule has 0 aromatic heterocycles. The Balaban J connectivity index is -0.000000460. The maximum Gasteiger partial charge on any atom is 0.333 e. The third kappa shape index (κ3) is 31.8. The lowest BCUT2D eigenvalue weighted by Gasteiger charge is -2.33. The lowest BCUT2D eigenvalue weighted by Crippen LogP contribution is -2.51. The van der Waals surface area contributed by atoms with Crippen LogP contribution in [0.1, 0.15) is 6.92 Å². The van der Waals surface area contributed by atoms with Gasteiger partial charge in [-0.05, 0) is 6.92 Å². The molecule has 176 valence electrons. The molecule has 0 aliphatic heterocycles. The molecule has 0 heterocycles. The summed E-state index contributed by atoms with van der Waals surface area (Å²) in [5.41, 5.74) is 0.456. The van der Waals surface area contributed by atoms with Crippen molar-refractivity contribution in [2.45, 2.75) is 13.0 Å². The van der Waals surface area contributed by atoms with Crippen LogP contribution in [-0.4, -0.2) is 117 Å². The van der Waals surface area contributed by atoms with Crippen LogP contribution < -0.4 is 0 Å². The summed E-state index contributed by atoms with van der Waals surface area (Å²) in [4.78, 5) is 11.6. The van der Waals surface area contributed by atoms with Crippen molar-refractivity contribution in [3.8, 4) is 0 Å². The fraction of sp³-hybridized carbons (Fsp3) is 0.800. The van der Waals surface area contributed by atoms with E-state index in [0.29, 0.717) is 5.57 Å². The van der Waals surface area contributed by atoms with Crippen molar-refractivity contribution in [3.05, 3.63) is 12.2 Å². The molecule has 14 heteroatoms. The number of hydrogen-bond donors (Lipinski definition) is 0. The maximum atomic E-state index is 11.6. The van der Waals surface area contributed by atoms with E-state index in [0.717, 1.165) is 36.3 Å². The summed E-state index contributed by atoms with van der Waals surface area (Å²) in [6.07, 6.45) is -0.0841. The van der Waals surface area contributed by atoms with Crippen LogP contribution in [0.3, 0.4) is 0 Å².